The van der Waals surface area contributed by atoms with Crippen molar-refractivity contribution in [2.45, 2.75) is 9.24 Å². The van der Waals surface area contributed by atoms with E-state index in [2.05, 4.69) is 10.2 Å². The molecule has 16 heavy (non-hydrogen) atoms. The average molecular weight is 256 g/mol. The summed E-state index contributed by atoms with van der Waals surface area (Å²) >= 11 is 2.41. The van der Waals surface area contributed by atoms with Gasteiger partial charge in [-0.05, 0) is 18.2 Å². The second kappa shape index (κ2) is 4.58. The molecule has 1 aromatic heterocycles. The van der Waals surface area contributed by atoms with Crippen molar-refractivity contribution in [3.63, 3.8) is 0 Å². The number of halogens is 1. The first-order chi connectivity index (χ1) is 7.66. The van der Waals surface area contributed by atoms with Gasteiger partial charge in [-0.15, -0.1) is 10.2 Å². The van der Waals surface area contributed by atoms with Gasteiger partial charge in [0.2, 0.25) is 0 Å². The highest BCUT2D eigenvalue weighted by Crippen LogP contribution is 2.30. The molecule has 4 nitrogen and oxygen atoms in total. The topological polar surface area (TPSA) is 63.1 Å². The van der Waals surface area contributed by atoms with Crippen LogP contribution in [0.4, 0.5) is 4.39 Å². The first-order valence-corrected chi connectivity index (χ1v) is 5.83. The molecule has 0 aliphatic carbocycles. The van der Waals surface area contributed by atoms with Crippen molar-refractivity contribution in [2.24, 2.45) is 0 Å². The van der Waals surface area contributed by atoms with Gasteiger partial charge in [0, 0.05) is 0 Å². The van der Waals surface area contributed by atoms with E-state index < -0.39 is 11.8 Å². The molecule has 82 valence electrons. The minimum Gasteiger partial charge on any atom is -0.478 e. The van der Waals surface area contributed by atoms with Crippen molar-refractivity contribution in [3.8, 4) is 0 Å². The van der Waals surface area contributed by atoms with Crippen LogP contribution in [-0.4, -0.2) is 21.3 Å². The molecule has 0 unspecified atom stereocenters. The minimum absolute atomic E-state index is 0.0703. The summed E-state index contributed by atoms with van der Waals surface area (Å²) in [4.78, 5) is 10.9. The van der Waals surface area contributed by atoms with Gasteiger partial charge in [-0.25, -0.2) is 9.18 Å². The van der Waals surface area contributed by atoms with Gasteiger partial charge in [0.15, 0.2) is 4.34 Å². The van der Waals surface area contributed by atoms with Crippen LogP contribution in [0, 0.1) is 5.82 Å². The van der Waals surface area contributed by atoms with Gasteiger partial charge in [0.1, 0.15) is 11.3 Å². The number of benzene rings is 1. The van der Waals surface area contributed by atoms with Gasteiger partial charge < -0.3 is 5.11 Å². The summed E-state index contributed by atoms with van der Waals surface area (Å²) in [6.45, 7) is 0. The summed E-state index contributed by atoms with van der Waals surface area (Å²) in [6, 6.07) is 3.77. The maximum atomic E-state index is 13.5. The highest BCUT2D eigenvalue weighted by molar-refractivity contribution is 8.01. The van der Waals surface area contributed by atoms with E-state index in [0.29, 0.717) is 9.24 Å². The van der Waals surface area contributed by atoms with Gasteiger partial charge in [0.05, 0.1) is 10.5 Å². The summed E-state index contributed by atoms with van der Waals surface area (Å²) in [5, 5.41) is 16.0. The van der Waals surface area contributed by atoms with E-state index in [0.717, 1.165) is 17.8 Å². The summed E-state index contributed by atoms with van der Waals surface area (Å²) in [6.07, 6.45) is 0. The van der Waals surface area contributed by atoms with Crippen LogP contribution in [0.2, 0.25) is 0 Å². The Kier molecular flexibility index (Phi) is 3.16. The Morgan fingerprint density at radius 3 is 2.88 bits per heavy atom. The zero-order chi connectivity index (χ0) is 11.5. The van der Waals surface area contributed by atoms with Crippen LogP contribution in [0.3, 0.4) is 0 Å². The Hall–Kier alpha value is -1.47. The molecule has 0 radical (unpaired) electrons. The molecule has 1 aromatic carbocycles. The van der Waals surface area contributed by atoms with Crippen LogP contribution >= 0.6 is 23.1 Å². The van der Waals surface area contributed by atoms with Crippen molar-refractivity contribution in [1.82, 2.24) is 10.2 Å². The summed E-state index contributed by atoms with van der Waals surface area (Å²) in [5.41, 5.74) is 1.48. The molecule has 0 aliphatic heterocycles. The van der Waals surface area contributed by atoms with E-state index in [9.17, 15) is 9.18 Å². The number of aromatic carboxylic acids is 1. The lowest BCUT2D eigenvalue weighted by molar-refractivity contribution is 0.0696. The molecule has 7 heteroatoms. The normalized spacial score (nSPS) is 10.3. The molecule has 0 saturated heterocycles. The van der Waals surface area contributed by atoms with Crippen LogP contribution in [0.5, 0.6) is 0 Å². The van der Waals surface area contributed by atoms with E-state index in [1.54, 1.807) is 5.51 Å². The molecular formula is C9H5FN2O2S2. The van der Waals surface area contributed by atoms with Gasteiger partial charge >= 0.3 is 5.97 Å². The maximum Gasteiger partial charge on any atom is 0.335 e. The second-order valence-electron chi connectivity index (χ2n) is 2.76. The Balaban J connectivity index is 2.26. The fraction of sp³-hybridized carbons (Fsp3) is 0. The summed E-state index contributed by atoms with van der Waals surface area (Å²) in [5.74, 6) is -1.72. The van der Waals surface area contributed by atoms with Crippen molar-refractivity contribution in [2.75, 3.05) is 0 Å². The highest BCUT2D eigenvalue weighted by atomic mass is 32.2. The molecule has 2 aromatic rings. The molecule has 0 bridgehead atoms. The molecule has 0 spiro atoms. The molecular weight excluding hydrogens is 251 g/mol. The Bertz CT molecular complexity index is 516. The van der Waals surface area contributed by atoms with Crippen molar-refractivity contribution >= 4 is 29.1 Å². The third kappa shape index (κ3) is 2.37. The number of carboxylic acid groups (broad SMARTS) is 1. The van der Waals surface area contributed by atoms with Crippen LogP contribution in [-0.2, 0) is 0 Å². The first kappa shape index (κ1) is 11.0. The minimum atomic E-state index is -1.15. The fourth-order valence-corrected chi connectivity index (χ4v) is 2.46. The average Bonchev–Trinajstić information content (AvgIpc) is 2.73. The largest absolute Gasteiger partial charge is 0.478 e. The first-order valence-electron chi connectivity index (χ1n) is 4.13. The lowest BCUT2D eigenvalue weighted by Crippen LogP contribution is -1.97. The smallest absolute Gasteiger partial charge is 0.335 e. The van der Waals surface area contributed by atoms with E-state index in [4.69, 9.17) is 5.11 Å². The maximum absolute atomic E-state index is 13.5. The molecule has 0 amide bonds. The number of hydrogen-bond donors (Lipinski definition) is 1. The molecule has 1 heterocycles. The monoisotopic (exact) mass is 256 g/mol. The number of aromatic nitrogens is 2. The van der Waals surface area contributed by atoms with Crippen molar-refractivity contribution < 1.29 is 14.3 Å². The predicted molar refractivity (Wildman–Crippen MR) is 57.4 cm³/mol. The second-order valence-corrected chi connectivity index (χ2v) is 4.88. The van der Waals surface area contributed by atoms with Crippen molar-refractivity contribution in [1.29, 1.82) is 0 Å². The SMILES string of the molecule is O=C(O)c1ccc(Sc2nncs2)c(F)c1. The Labute approximate surface area is 98.1 Å². The number of hydrogen-bond acceptors (Lipinski definition) is 5. The van der Waals surface area contributed by atoms with Crippen LogP contribution in [0.1, 0.15) is 10.4 Å². The number of nitrogens with zero attached hydrogens (tertiary/aromatic N) is 2. The number of carboxylic acids is 1. The van der Waals surface area contributed by atoms with Gasteiger partial charge in [-0.2, -0.15) is 0 Å². The van der Waals surface area contributed by atoms with Crippen LogP contribution in [0.15, 0.2) is 32.9 Å². The van der Waals surface area contributed by atoms with Crippen molar-refractivity contribution in [3.05, 3.63) is 35.1 Å². The number of carbonyl (C=O) groups is 1. The molecule has 2 rings (SSSR count). The van der Waals surface area contributed by atoms with E-state index >= 15 is 0 Å². The molecule has 0 saturated carbocycles. The fourth-order valence-electron chi connectivity index (χ4n) is 1.02. The Morgan fingerprint density at radius 2 is 2.31 bits per heavy atom. The van der Waals surface area contributed by atoms with E-state index in [1.807, 2.05) is 0 Å². The highest BCUT2D eigenvalue weighted by Gasteiger charge is 2.10. The van der Waals surface area contributed by atoms with Gasteiger partial charge in [0.25, 0.3) is 0 Å². The Morgan fingerprint density at radius 1 is 1.50 bits per heavy atom. The quantitative estimate of drug-likeness (QED) is 0.914. The molecule has 0 aliphatic rings. The third-order valence-electron chi connectivity index (χ3n) is 1.72. The number of rotatable bonds is 3. The lowest BCUT2D eigenvalue weighted by atomic mass is 10.2. The summed E-state index contributed by atoms with van der Waals surface area (Å²) < 4.78 is 14.1. The zero-order valence-electron chi connectivity index (χ0n) is 7.75. The lowest BCUT2D eigenvalue weighted by Gasteiger charge is -2.00. The predicted octanol–water partition coefficient (Wildman–Crippen LogP) is 2.53. The van der Waals surface area contributed by atoms with Crippen LogP contribution in [0.25, 0.3) is 0 Å². The third-order valence-corrected chi connectivity index (χ3v) is 3.55. The molecule has 1 N–H and O–H groups in total. The van der Waals surface area contributed by atoms with Gasteiger partial charge in [-0.1, -0.05) is 23.1 Å². The van der Waals surface area contributed by atoms with Crippen LogP contribution < -0.4 is 0 Å². The van der Waals surface area contributed by atoms with E-state index in [-0.39, 0.29) is 5.56 Å². The molecule has 0 fully saturated rings. The zero-order valence-corrected chi connectivity index (χ0v) is 9.39. The summed E-state index contributed by atoms with van der Waals surface area (Å²) in [7, 11) is 0. The standard InChI is InChI=1S/C9H5FN2O2S2/c10-6-3-5(8(13)14)1-2-7(6)16-9-12-11-4-15-9/h1-4H,(H,13,14). The molecule has 0 atom stereocenters. The van der Waals surface area contributed by atoms with Gasteiger partial charge in [-0.3, -0.25) is 0 Å². The van der Waals surface area contributed by atoms with E-state index in [1.165, 1.54) is 23.5 Å².